The molecule has 0 unspecified atom stereocenters. The van der Waals surface area contributed by atoms with E-state index < -0.39 is 16.7 Å². The second-order valence-electron chi connectivity index (χ2n) is 5.69. The molecule has 0 radical (unpaired) electrons. The zero-order valence-corrected chi connectivity index (χ0v) is 12.8. The van der Waals surface area contributed by atoms with Crippen LogP contribution in [-0.4, -0.2) is 26.9 Å². The summed E-state index contributed by atoms with van der Waals surface area (Å²) in [6.45, 7) is 3.36. The van der Waals surface area contributed by atoms with Crippen LogP contribution < -0.4 is 4.72 Å². The Bertz CT molecular complexity index is 559. The molecule has 3 nitrogen and oxygen atoms in total. The highest BCUT2D eigenvalue weighted by molar-refractivity contribution is 7.89. The number of nitrogens with one attached hydrogen (secondary N) is 1. The molecule has 5 heteroatoms. The molecule has 112 valence electrons. The summed E-state index contributed by atoms with van der Waals surface area (Å²) in [7, 11) is -3.35. The van der Waals surface area contributed by atoms with Gasteiger partial charge in [0.05, 0.1) is 12.4 Å². The van der Waals surface area contributed by atoms with Crippen LogP contribution in [0.25, 0.3) is 0 Å². The molecule has 0 heterocycles. The van der Waals surface area contributed by atoms with Crippen LogP contribution in [0.4, 0.5) is 4.39 Å². The van der Waals surface area contributed by atoms with Crippen molar-refractivity contribution >= 4 is 10.0 Å². The lowest BCUT2D eigenvalue weighted by atomic mass is 10.0. The third-order valence-corrected chi connectivity index (χ3v) is 5.42. The quantitative estimate of drug-likeness (QED) is 0.841. The number of alkyl halides is 1. The van der Waals surface area contributed by atoms with E-state index in [9.17, 15) is 12.8 Å². The monoisotopic (exact) mass is 299 g/mol. The van der Waals surface area contributed by atoms with Crippen LogP contribution >= 0.6 is 0 Å². The van der Waals surface area contributed by atoms with Crippen LogP contribution in [0.3, 0.4) is 0 Å². The van der Waals surface area contributed by atoms with E-state index in [0.29, 0.717) is 11.8 Å². The molecular formula is C15H22FNO2S. The van der Waals surface area contributed by atoms with Gasteiger partial charge in [-0.3, -0.25) is 4.39 Å². The van der Waals surface area contributed by atoms with Crippen molar-refractivity contribution in [3.8, 4) is 0 Å². The Hall–Kier alpha value is -0.940. The number of rotatable bonds is 7. The van der Waals surface area contributed by atoms with Gasteiger partial charge in [0.15, 0.2) is 0 Å². The summed E-state index contributed by atoms with van der Waals surface area (Å²) >= 11 is 0. The van der Waals surface area contributed by atoms with Gasteiger partial charge < -0.3 is 0 Å². The second kappa shape index (κ2) is 6.22. The third-order valence-electron chi connectivity index (χ3n) is 3.86. The molecule has 0 aromatic heterocycles. The number of hydrogen-bond donors (Lipinski definition) is 1. The first-order chi connectivity index (χ1) is 9.43. The van der Waals surface area contributed by atoms with E-state index in [1.807, 2.05) is 13.0 Å². The Morgan fingerprint density at radius 2 is 2.20 bits per heavy atom. The lowest BCUT2D eigenvalue weighted by Gasteiger charge is -2.14. The molecule has 1 fully saturated rings. The predicted molar refractivity (Wildman–Crippen MR) is 79.0 cm³/mol. The summed E-state index contributed by atoms with van der Waals surface area (Å²) in [6, 6.07) is 8.27. The van der Waals surface area contributed by atoms with E-state index in [1.54, 1.807) is 0 Å². The number of halogens is 1. The molecule has 1 aliphatic rings. The number of aryl methyl sites for hydroxylation is 1. The normalized spacial score (nSPS) is 23.6. The minimum Gasteiger partial charge on any atom is -0.251 e. The maximum absolute atomic E-state index is 12.1. The van der Waals surface area contributed by atoms with Gasteiger partial charge in [-0.1, -0.05) is 29.8 Å². The molecule has 3 atom stereocenters. The third kappa shape index (κ3) is 4.03. The molecule has 2 rings (SSSR count). The SMILES string of the molecule is Cc1cccc([C@@H]2C[C@@H]2[C@H](C)NS(=O)(=O)CCCF)c1. The zero-order chi connectivity index (χ0) is 14.8. The van der Waals surface area contributed by atoms with Crippen LogP contribution in [0.1, 0.15) is 36.8 Å². The average molecular weight is 299 g/mol. The molecule has 1 saturated carbocycles. The van der Waals surface area contributed by atoms with Crippen LogP contribution in [0, 0.1) is 12.8 Å². The summed E-state index contributed by atoms with van der Waals surface area (Å²) in [5.74, 6) is 0.654. The van der Waals surface area contributed by atoms with Gasteiger partial charge in [0.1, 0.15) is 0 Å². The van der Waals surface area contributed by atoms with Gasteiger partial charge in [-0.25, -0.2) is 13.1 Å². The van der Waals surface area contributed by atoms with Gasteiger partial charge in [0.2, 0.25) is 10.0 Å². The number of benzene rings is 1. The zero-order valence-electron chi connectivity index (χ0n) is 12.0. The first-order valence-corrected chi connectivity index (χ1v) is 8.70. The van der Waals surface area contributed by atoms with E-state index in [0.717, 1.165) is 6.42 Å². The number of hydrogen-bond acceptors (Lipinski definition) is 2. The summed E-state index contributed by atoms with van der Waals surface area (Å²) in [6.07, 6.45) is 1.07. The second-order valence-corrected chi connectivity index (χ2v) is 7.56. The van der Waals surface area contributed by atoms with E-state index in [2.05, 4.69) is 29.8 Å². The molecule has 1 aliphatic carbocycles. The summed E-state index contributed by atoms with van der Waals surface area (Å²) in [5, 5.41) is 0. The lowest BCUT2D eigenvalue weighted by Crippen LogP contribution is -2.36. The van der Waals surface area contributed by atoms with Gasteiger partial charge in [-0.05, 0) is 44.1 Å². The highest BCUT2D eigenvalue weighted by Crippen LogP contribution is 2.49. The highest BCUT2D eigenvalue weighted by atomic mass is 32.2. The predicted octanol–water partition coefficient (Wildman–Crippen LogP) is 2.77. The van der Waals surface area contributed by atoms with E-state index in [-0.39, 0.29) is 18.2 Å². The molecule has 1 N–H and O–H groups in total. The smallest absolute Gasteiger partial charge is 0.211 e. The molecule has 0 spiro atoms. The fraction of sp³-hybridized carbons (Fsp3) is 0.600. The molecule has 0 saturated heterocycles. The Morgan fingerprint density at radius 3 is 2.85 bits per heavy atom. The minimum absolute atomic E-state index is 0.0635. The van der Waals surface area contributed by atoms with Crippen LogP contribution in [0.15, 0.2) is 24.3 Å². The van der Waals surface area contributed by atoms with Crippen molar-refractivity contribution in [2.45, 2.75) is 38.6 Å². The minimum atomic E-state index is -3.35. The summed E-state index contributed by atoms with van der Waals surface area (Å²) in [4.78, 5) is 0. The number of sulfonamides is 1. The molecule has 20 heavy (non-hydrogen) atoms. The average Bonchev–Trinajstić information content (AvgIpc) is 3.16. The van der Waals surface area contributed by atoms with Gasteiger partial charge in [0, 0.05) is 6.04 Å². The summed E-state index contributed by atoms with van der Waals surface area (Å²) < 4.78 is 38.2. The highest BCUT2D eigenvalue weighted by Gasteiger charge is 2.43. The molecule has 0 aliphatic heterocycles. The van der Waals surface area contributed by atoms with Crippen molar-refractivity contribution in [1.29, 1.82) is 0 Å². The van der Waals surface area contributed by atoms with Crippen molar-refractivity contribution in [3.05, 3.63) is 35.4 Å². The Balaban J connectivity index is 1.91. The van der Waals surface area contributed by atoms with Crippen molar-refractivity contribution < 1.29 is 12.8 Å². The maximum atomic E-state index is 12.1. The van der Waals surface area contributed by atoms with Gasteiger partial charge in [0.25, 0.3) is 0 Å². The van der Waals surface area contributed by atoms with Gasteiger partial charge in [-0.15, -0.1) is 0 Å². The lowest BCUT2D eigenvalue weighted by molar-refractivity contribution is 0.479. The molecular weight excluding hydrogens is 277 g/mol. The van der Waals surface area contributed by atoms with Gasteiger partial charge in [-0.2, -0.15) is 0 Å². The first kappa shape index (κ1) is 15.4. The van der Waals surface area contributed by atoms with Crippen molar-refractivity contribution in [2.75, 3.05) is 12.4 Å². The van der Waals surface area contributed by atoms with E-state index in [4.69, 9.17) is 0 Å². The Morgan fingerprint density at radius 1 is 1.45 bits per heavy atom. The van der Waals surface area contributed by atoms with Gasteiger partial charge >= 0.3 is 0 Å². The van der Waals surface area contributed by atoms with Crippen molar-refractivity contribution in [3.63, 3.8) is 0 Å². The Labute approximate surface area is 120 Å². The van der Waals surface area contributed by atoms with Crippen LogP contribution in [0.2, 0.25) is 0 Å². The maximum Gasteiger partial charge on any atom is 0.211 e. The topological polar surface area (TPSA) is 46.2 Å². The van der Waals surface area contributed by atoms with E-state index in [1.165, 1.54) is 11.1 Å². The van der Waals surface area contributed by atoms with E-state index >= 15 is 0 Å². The Kier molecular flexibility index (Phi) is 4.81. The fourth-order valence-electron chi connectivity index (χ4n) is 2.73. The first-order valence-electron chi connectivity index (χ1n) is 7.05. The standard InChI is InChI=1S/C15H22FNO2S/c1-11-5-3-6-13(9-11)15-10-14(15)12(2)17-20(18,19)8-4-7-16/h3,5-6,9,12,14-15,17H,4,7-8,10H2,1-2H3/t12-,14+,15-/m0/s1. The molecule has 0 amide bonds. The molecule has 1 aromatic carbocycles. The summed E-state index contributed by atoms with van der Waals surface area (Å²) in [5.41, 5.74) is 2.51. The fourth-order valence-corrected chi connectivity index (χ4v) is 4.07. The van der Waals surface area contributed by atoms with Crippen molar-refractivity contribution in [2.24, 2.45) is 5.92 Å². The van der Waals surface area contributed by atoms with Crippen LogP contribution in [0.5, 0.6) is 0 Å². The molecule has 1 aromatic rings. The molecule has 0 bridgehead atoms. The largest absolute Gasteiger partial charge is 0.251 e. The van der Waals surface area contributed by atoms with Crippen LogP contribution in [-0.2, 0) is 10.0 Å². The van der Waals surface area contributed by atoms with Crippen molar-refractivity contribution in [1.82, 2.24) is 4.72 Å².